The van der Waals surface area contributed by atoms with Gasteiger partial charge in [-0.3, -0.25) is 19.4 Å². The molecule has 2 fully saturated rings. The second kappa shape index (κ2) is 21.2. The highest BCUT2D eigenvalue weighted by Crippen LogP contribution is 2.28. The van der Waals surface area contributed by atoms with E-state index in [1.165, 1.54) is 24.5 Å². The van der Waals surface area contributed by atoms with Crippen molar-refractivity contribution in [3.8, 4) is 0 Å². The largest absolute Gasteiger partial charge is 0.477 e. The molecule has 0 unspecified atom stereocenters. The van der Waals surface area contributed by atoms with Crippen LogP contribution in [0.1, 0.15) is 56.8 Å². The van der Waals surface area contributed by atoms with Crippen molar-refractivity contribution in [1.29, 1.82) is 0 Å². The van der Waals surface area contributed by atoms with E-state index in [-0.39, 0.29) is 47.5 Å². The third kappa shape index (κ3) is 10.7. The average Bonchev–Trinajstić information content (AvgIpc) is 3.30. The Bertz CT molecular complexity index is 2600. The van der Waals surface area contributed by atoms with Gasteiger partial charge in [0.25, 0.3) is 0 Å². The van der Waals surface area contributed by atoms with Gasteiger partial charge >= 0.3 is 11.9 Å². The first kappa shape index (κ1) is 48.3. The number of anilines is 2. The topological polar surface area (TPSA) is 172 Å². The molecule has 4 heterocycles. The predicted molar refractivity (Wildman–Crippen MR) is 249 cm³/mol. The number of carbonyl (C=O) groups is 2. The molecule has 4 aromatic carbocycles. The predicted octanol–water partition coefficient (Wildman–Crippen LogP) is 5.77. The molecule has 2 aliphatic rings. The molecule has 8 rings (SSSR count). The first-order chi connectivity index (χ1) is 30.8. The normalized spacial score (nSPS) is 14.6. The van der Waals surface area contributed by atoms with Gasteiger partial charge in [0.2, 0.25) is 10.9 Å². The van der Waals surface area contributed by atoms with E-state index in [0.717, 1.165) is 61.5 Å². The van der Waals surface area contributed by atoms with Gasteiger partial charge in [0, 0.05) is 102 Å². The number of hydrogen-bond donors (Lipinski definition) is 4. The lowest BCUT2D eigenvalue weighted by atomic mass is 10.1. The maximum absolute atomic E-state index is 15.0. The van der Waals surface area contributed by atoms with E-state index in [0.29, 0.717) is 61.7 Å². The summed E-state index contributed by atoms with van der Waals surface area (Å²) in [6, 6.07) is 21.4. The minimum atomic E-state index is -1.31. The quantitative estimate of drug-likeness (QED) is 0.117. The number of nitrogens with zero attached hydrogens (tertiary/aromatic N) is 6. The summed E-state index contributed by atoms with van der Waals surface area (Å²) in [5.41, 5.74) is 3.96. The molecular formula is C48H53ClF2N6O8. The Morgan fingerprint density at radius 3 is 1.15 bits per heavy atom. The van der Waals surface area contributed by atoms with E-state index in [1.807, 2.05) is 72.2 Å². The van der Waals surface area contributed by atoms with E-state index in [4.69, 9.17) is 0 Å². The highest BCUT2D eigenvalue weighted by Gasteiger charge is 2.25. The zero-order valence-corrected chi connectivity index (χ0v) is 37.1. The fraction of sp³-hybridized carbons (Fsp3) is 0.333. The first-order valence-electron chi connectivity index (χ1n) is 21.3. The molecule has 2 aromatic heterocycles. The zero-order valence-electron chi connectivity index (χ0n) is 36.3. The Morgan fingerprint density at radius 1 is 0.538 bits per heavy atom. The molecule has 0 atom stereocenters. The summed E-state index contributed by atoms with van der Waals surface area (Å²) >= 11 is 0. The second-order valence-corrected chi connectivity index (χ2v) is 16.0. The van der Waals surface area contributed by atoms with Crippen LogP contribution in [0, 0.1) is 11.6 Å². The van der Waals surface area contributed by atoms with Crippen LogP contribution in [0.15, 0.2) is 94.8 Å². The Labute approximate surface area is 380 Å². The number of carboxylic acids is 2. The van der Waals surface area contributed by atoms with Gasteiger partial charge < -0.3 is 39.4 Å². The smallest absolute Gasteiger partial charge is 0.341 e. The van der Waals surface area contributed by atoms with Crippen molar-refractivity contribution in [1.82, 2.24) is 18.9 Å². The first-order valence-corrected chi connectivity index (χ1v) is 21.3. The second-order valence-electron chi connectivity index (χ2n) is 16.0. The summed E-state index contributed by atoms with van der Waals surface area (Å²) in [5.74, 6) is -3.67. The molecule has 14 nitrogen and oxygen atoms in total. The van der Waals surface area contributed by atoms with Crippen LogP contribution in [0.4, 0.5) is 20.2 Å². The fourth-order valence-electron chi connectivity index (χ4n) is 8.42. The number of hydrogen-bond acceptors (Lipinski definition) is 10. The number of aryl methyl sites for hydroxylation is 2. The third-order valence-corrected chi connectivity index (χ3v) is 12.1. The maximum Gasteiger partial charge on any atom is 0.341 e. The summed E-state index contributed by atoms with van der Waals surface area (Å²) in [6.45, 7) is 11.9. The van der Waals surface area contributed by atoms with E-state index in [2.05, 4.69) is 9.80 Å². The average molecular weight is 915 g/mol. The maximum atomic E-state index is 15.0. The number of halogens is 3. The molecule has 0 radical (unpaired) electrons. The van der Waals surface area contributed by atoms with Crippen LogP contribution < -0.4 is 20.7 Å². The molecule has 17 heteroatoms. The fourth-order valence-corrected chi connectivity index (χ4v) is 8.42. The van der Waals surface area contributed by atoms with Gasteiger partial charge in [-0.25, -0.2) is 18.4 Å². The highest BCUT2D eigenvalue weighted by atomic mass is 35.5. The number of piperazine rings is 2. The van der Waals surface area contributed by atoms with Crippen molar-refractivity contribution in [2.45, 2.75) is 53.2 Å². The van der Waals surface area contributed by atoms with Gasteiger partial charge in [0.05, 0.1) is 35.6 Å². The molecule has 2 saturated heterocycles. The summed E-state index contributed by atoms with van der Waals surface area (Å²) in [5, 5.41) is 37.1. The number of rotatable bonds is 12. The van der Waals surface area contributed by atoms with Crippen LogP contribution in [0.2, 0.25) is 0 Å². The lowest BCUT2D eigenvalue weighted by Crippen LogP contribution is -2.46. The lowest BCUT2D eigenvalue weighted by Gasteiger charge is -2.36. The van der Waals surface area contributed by atoms with Gasteiger partial charge in [-0.05, 0) is 60.4 Å². The van der Waals surface area contributed by atoms with Crippen LogP contribution in [-0.4, -0.2) is 104 Å². The number of aliphatic hydroxyl groups excluding tert-OH is 2. The van der Waals surface area contributed by atoms with Gasteiger partial charge in [0.15, 0.2) is 0 Å². The molecular weight excluding hydrogens is 862 g/mol. The molecule has 2 aliphatic heterocycles. The van der Waals surface area contributed by atoms with Crippen LogP contribution in [0.5, 0.6) is 0 Å². The number of benzene rings is 4. The Kier molecular flexibility index (Phi) is 15.8. The van der Waals surface area contributed by atoms with Crippen molar-refractivity contribution >= 4 is 57.5 Å². The Morgan fingerprint density at radius 2 is 0.862 bits per heavy atom. The van der Waals surface area contributed by atoms with E-state index in [9.17, 15) is 48.4 Å². The Hall–Kier alpha value is -6.17. The van der Waals surface area contributed by atoms with E-state index >= 15 is 0 Å². The molecule has 4 N–H and O–H groups in total. The van der Waals surface area contributed by atoms with Gasteiger partial charge in [-0.1, -0.05) is 48.5 Å². The van der Waals surface area contributed by atoms with Gasteiger partial charge in [0.1, 0.15) is 22.8 Å². The highest BCUT2D eigenvalue weighted by molar-refractivity contribution is 5.94. The number of carboxylic acid groups (broad SMARTS) is 2. The van der Waals surface area contributed by atoms with Crippen molar-refractivity contribution in [3.05, 3.63) is 151 Å². The number of aromatic carboxylic acids is 2. The number of aliphatic hydroxyl groups is 2. The van der Waals surface area contributed by atoms with Crippen LogP contribution in [-0.2, 0) is 39.4 Å². The molecule has 0 bridgehead atoms. The summed E-state index contributed by atoms with van der Waals surface area (Å²) in [6.07, 6.45) is 2.66. The Balaban J connectivity index is 0.000000212. The van der Waals surface area contributed by atoms with E-state index in [1.54, 1.807) is 21.3 Å². The minimum Gasteiger partial charge on any atom is -0.477 e. The molecule has 0 amide bonds. The molecule has 65 heavy (non-hydrogen) atoms. The monoisotopic (exact) mass is 914 g/mol. The van der Waals surface area contributed by atoms with Crippen LogP contribution >= 0.6 is 12.4 Å². The van der Waals surface area contributed by atoms with Crippen molar-refractivity contribution in [2.75, 3.05) is 62.2 Å². The summed E-state index contributed by atoms with van der Waals surface area (Å²) in [7, 11) is 0. The number of pyridine rings is 2. The summed E-state index contributed by atoms with van der Waals surface area (Å²) < 4.78 is 33.3. The molecule has 6 aromatic rings. The van der Waals surface area contributed by atoms with Crippen molar-refractivity contribution < 1.29 is 38.8 Å². The van der Waals surface area contributed by atoms with Crippen molar-refractivity contribution in [3.63, 3.8) is 0 Å². The van der Waals surface area contributed by atoms with Crippen molar-refractivity contribution in [2.24, 2.45) is 0 Å². The minimum absolute atomic E-state index is 0. The van der Waals surface area contributed by atoms with E-state index < -0.39 is 34.4 Å². The van der Waals surface area contributed by atoms with Gasteiger partial charge in [-0.15, -0.1) is 12.4 Å². The number of aromatic nitrogens is 2. The van der Waals surface area contributed by atoms with Crippen LogP contribution in [0.25, 0.3) is 21.8 Å². The van der Waals surface area contributed by atoms with Crippen LogP contribution in [0.3, 0.4) is 0 Å². The number of fused-ring (bicyclic) bond motifs is 2. The molecule has 0 aliphatic carbocycles. The third-order valence-electron chi connectivity index (χ3n) is 12.1. The SMILES string of the molecule is CCn1cc(C(=O)O)c(=O)c2cc(F)c(N3CCN(Cc4ccc(CO)cc4)CC3)cc21.CCn1cc(C(=O)O)c(=O)c2cc(F)c(N3CCN(Cc4ccc(CO)cc4)CC3)cc21.Cl. The zero-order chi connectivity index (χ0) is 45.7. The van der Waals surface area contributed by atoms with Gasteiger partial charge in [-0.2, -0.15) is 0 Å². The lowest BCUT2D eigenvalue weighted by molar-refractivity contribution is 0.0684. The molecule has 0 spiro atoms. The summed E-state index contributed by atoms with van der Waals surface area (Å²) in [4.78, 5) is 56.4. The molecule has 344 valence electrons. The standard InChI is InChI=1S/2C24H26FN3O4.ClH/c2*1-2-27-14-19(24(31)32)23(30)18-11-20(25)22(12-21(18)27)28-9-7-26(8-10-28)13-16-3-5-17(15-29)6-4-16;/h2*3-6,11-12,14,29H,2,7-10,13,15H2,1H3,(H,31,32);1H. The molecule has 0 saturated carbocycles.